The van der Waals surface area contributed by atoms with Gasteiger partial charge in [0.15, 0.2) is 0 Å². The quantitative estimate of drug-likeness (QED) is 0.446. The lowest BCUT2D eigenvalue weighted by Crippen LogP contribution is -2.42. The first kappa shape index (κ1) is 13.8. The van der Waals surface area contributed by atoms with Crippen molar-refractivity contribution in [1.82, 2.24) is 0 Å². The number of rotatable bonds is 2. The standard InChI is InChI=1S/C18H20N2O2/c1-8(2)18(21)22-15-4-9-3-12(15)17-11-5-10(16(9)17)13(6-19)14(11)7-20/h9-17H,1,3-5H2,2H3. The van der Waals surface area contributed by atoms with Crippen molar-refractivity contribution in [1.29, 1.82) is 10.5 Å². The van der Waals surface area contributed by atoms with Gasteiger partial charge in [-0.3, -0.25) is 0 Å². The highest BCUT2D eigenvalue weighted by atomic mass is 16.5. The van der Waals surface area contributed by atoms with Gasteiger partial charge in [-0.25, -0.2) is 4.79 Å². The highest BCUT2D eigenvalue weighted by Crippen LogP contribution is 2.70. The third-order valence-electron chi connectivity index (χ3n) is 6.82. The monoisotopic (exact) mass is 296 g/mol. The molecule has 9 unspecified atom stereocenters. The van der Waals surface area contributed by atoms with Crippen LogP contribution in [0.1, 0.15) is 26.2 Å². The summed E-state index contributed by atoms with van der Waals surface area (Å²) < 4.78 is 5.66. The molecule has 0 aromatic carbocycles. The van der Waals surface area contributed by atoms with Crippen molar-refractivity contribution in [2.45, 2.75) is 32.3 Å². The fourth-order valence-corrected chi connectivity index (χ4v) is 6.29. The molecule has 0 aromatic heterocycles. The Labute approximate surface area is 130 Å². The summed E-state index contributed by atoms with van der Waals surface area (Å²) in [5, 5.41) is 18.9. The third-order valence-corrected chi connectivity index (χ3v) is 6.82. The maximum Gasteiger partial charge on any atom is 0.333 e. The Balaban J connectivity index is 1.57. The van der Waals surface area contributed by atoms with E-state index in [1.54, 1.807) is 6.92 Å². The van der Waals surface area contributed by atoms with E-state index in [1.807, 2.05) is 0 Å². The van der Waals surface area contributed by atoms with Crippen molar-refractivity contribution < 1.29 is 9.53 Å². The van der Waals surface area contributed by atoms with Crippen LogP contribution in [0.15, 0.2) is 12.2 Å². The van der Waals surface area contributed by atoms with Crippen LogP contribution in [0.2, 0.25) is 0 Å². The molecular formula is C18H20N2O2. The number of carbonyl (C=O) groups is 1. The molecule has 0 spiro atoms. The number of fused-ring (bicyclic) bond motifs is 9. The fourth-order valence-electron chi connectivity index (χ4n) is 6.29. The lowest BCUT2D eigenvalue weighted by Gasteiger charge is -2.41. The average molecular weight is 296 g/mol. The lowest BCUT2D eigenvalue weighted by molar-refractivity contribution is -0.149. The fraction of sp³-hybridized carbons (Fsp3) is 0.722. The second kappa shape index (κ2) is 4.59. The summed E-state index contributed by atoms with van der Waals surface area (Å²) in [6, 6.07) is 4.81. The van der Waals surface area contributed by atoms with Crippen molar-refractivity contribution in [2.24, 2.45) is 47.3 Å². The zero-order chi connectivity index (χ0) is 15.6. The van der Waals surface area contributed by atoms with Crippen LogP contribution in [-0.4, -0.2) is 12.1 Å². The summed E-state index contributed by atoms with van der Waals surface area (Å²) in [4.78, 5) is 11.8. The molecule has 4 nitrogen and oxygen atoms in total. The zero-order valence-electron chi connectivity index (χ0n) is 12.7. The van der Waals surface area contributed by atoms with Gasteiger partial charge in [-0.2, -0.15) is 10.5 Å². The Kier molecular flexibility index (Phi) is 2.89. The molecule has 114 valence electrons. The van der Waals surface area contributed by atoms with Gasteiger partial charge in [0.25, 0.3) is 0 Å². The van der Waals surface area contributed by atoms with Crippen LogP contribution in [-0.2, 0) is 9.53 Å². The average Bonchev–Trinajstić information content (AvgIpc) is 3.22. The Morgan fingerprint density at radius 1 is 1.05 bits per heavy atom. The van der Waals surface area contributed by atoms with E-state index >= 15 is 0 Å². The molecule has 0 saturated heterocycles. The minimum absolute atomic E-state index is 0.00493. The number of esters is 1. The maximum absolute atomic E-state index is 11.8. The minimum atomic E-state index is -0.288. The molecule has 0 heterocycles. The topological polar surface area (TPSA) is 73.9 Å². The summed E-state index contributed by atoms with van der Waals surface area (Å²) in [5.74, 6) is 2.30. The highest BCUT2D eigenvalue weighted by Gasteiger charge is 2.68. The summed E-state index contributed by atoms with van der Waals surface area (Å²) in [6.07, 6.45) is 3.06. The molecule has 4 saturated carbocycles. The van der Waals surface area contributed by atoms with Gasteiger partial charge in [-0.15, -0.1) is 0 Å². The second-order valence-electron chi connectivity index (χ2n) is 7.65. The SMILES string of the molecule is C=C(C)C(=O)OC1CC2CC1C1C3CC(C(C#N)C3C#N)C21. The highest BCUT2D eigenvalue weighted by molar-refractivity contribution is 5.87. The van der Waals surface area contributed by atoms with E-state index in [2.05, 4.69) is 18.7 Å². The first-order chi connectivity index (χ1) is 10.6. The van der Waals surface area contributed by atoms with E-state index in [0.717, 1.165) is 19.3 Å². The molecule has 4 fully saturated rings. The van der Waals surface area contributed by atoms with Crippen molar-refractivity contribution in [3.8, 4) is 12.1 Å². The molecule has 22 heavy (non-hydrogen) atoms. The van der Waals surface area contributed by atoms with Crippen LogP contribution in [0.25, 0.3) is 0 Å². The maximum atomic E-state index is 11.8. The number of nitrogens with zero attached hydrogens (tertiary/aromatic N) is 2. The molecule has 4 rings (SSSR count). The van der Waals surface area contributed by atoms with Crippen LogP contribution in [0, 0.1) is 70.0 Å². The smallest absolute Gasteiger partial charge is 0.333 e. The van der Waals surface area contributed by atoms with Crippen molar-refractivity contribution in [3.05, 3.63) is 12.2 Å². The van der Waals surface area contributed by atoms with Crippen molar-refractivity contribution >= 4 is 5.97 Å². The van der Waals surface area contributed by atoms with Gasteiger partial charge in [0, 0.05) is 5.57 Å². The molecule has 0 N–H and O–H groups in total. The molecule has 0 aliphatic heterocycles. The number of carbonyl (C=O) groups excluding carboxylic acids is 1. The molecular weight excluding hydrogens is 276 g/mol. The van der Waals surface area contributed by atoms with Gasteiger partial charge in [0.05, 0.1) is 24.0 Å². The van der Waals surface area contributed by atoms with Gasteiger partial charge < -0.3 is 4.74 Å². The zero-order valence-corrected chi connectivity index (χ0v) is 12.7. The number of hydrogen-bond donors (Lipinski definition) is 0. The van der Waals surface area contributed by atoms with E-state index in [0.29, 0.717) is 41.1 Å². The van der Waals surface area contributed by atoms with E-state index < -0.39 is 0 Å². The van der Waals surface area contributed by atoms with Crippen molar-refractivity contribution in [3.63, 3.8) is 0 Å². The molecule has 0 aromatic rings. The number of ether oxygens (including phenoxy) is 1. The first-order valence-electron chi connectivity index (χ1n) is 8.22. The van der Waals surface area contributed by atoms with E-state index in [9.17, 15) is 15.3 Å². The predicted molar refractivity (Wildman–Crippen MR) is 77.7 cm³/mol. The Hall–Kier alpha value is -1.81. The number of nitriles is 2. The first-order valence-corrected chi connectivity index (χ1v) is 8.22. The molecule has 0 amide bonds. The Morgan fingerprint density at radius 3 is 2.27 bits per heavy atom. The Bertz CT molecular complexity index is 628. The predicted octanol–water partition coefficient (Wildman–Crippen LogP) is 2.68. The van der Waals surface area contributed by atoms with Gasteiger partial charge in [-0.1, -0.05) is 6.58 Å². The summed E-state index contributed by atoms with van der Waals surface area (Å²) >= 11 is 0. The molecule has 4 aliphatic rings. The molecule has 4 aliphatic carbocycles. The van der Waals surface area contributed by atoms with Crippen LogP contribution < -0.4 is 0 Å². The summed E-state index contributed by atoms with van der Waals surface area (Å²) in [6.45, 7) is 5.34. The van der Waals surface area contributed by atoms with Gasteiger partial charge in [0.1, 0.15) is 6.10 Å². The summed E-state index contributed by atoms with van der Waals surface area (Å²) in [7, 11) is 0. The van der Waals surface area contributed by atoms with Gasteiger partial charge in [0.2, 0.25) is 0 Å². The molecule has 4 heteroatoms. The van der Waals surface area contributed by atoms with Crippen LogP contribution in [0.3, 0.4) is 0 Å². The van der Waals surface area contributed by atoms with E-state index in [-0.39, 0.29) is 23.9 Å². The van der Waals surface area contributed by atoms with Crippen LogP contribution >= 0.6 is 0 Å². The summed E-state index contributed by atoms with van der Waals surface area (Å²) in [5.41, 5.74) is 0.451. The van der Waals surface area contributed by atoms with Gasteiger partial charge >= 0.3 is 5.97 Å². The minimum Gasteiger partial charge on any atom is -0.459 e. The van der Waals surface area contributed by atoms with Crippen molar-refractivity contribution in [2.75, 3.05) is 0 Å². The van der Waals surface area contributed by atoms with E-state index in [1.165, 1.54) is 0 Å². The lowest BCUT2D eigenvalue weighted by atomic mass is 9.63. The third kappa shape index (κ3) is 1.59. The normalized spacial score (nSPS) is 50.2. The van der Waals surface area contributed by atoms with Crippen LogP contribution in [0.4, 0.5) is 0 Å². The van der Waals surface area contributed by atoms with Crippen LogP contribution in [0.5, 0.6) is 0 Å². The number of hydrogen-bond acceptors (Lipinski definition) is 4. The van der Waals surface area contributed by atoms with Gasteiger partial charge in [-0.05, 0) is 61.7 Å². The van der Waals surface area contributed by atoms with E-state index in [4.69, 9.17) is 4.74 Å². The largest absolute Gasteiger partial charge is 0.459 e. The second-order valence-corrected chi connectivity index (χ2v) is 7.65. The molecule has 0 radical (unpaired) electrons. The Morgan fingerprint density at radius 2 is 1.68 bits per heavy atom. The molecule has 4 bridgehead atoms. The molecule has 9 atom stereocenters.